The van der Waals surface area contributed by atoms with E-state index in [2.05, 4.69) is 27.8 Å². The number of benzene rings is 3. The van der Waals surface area contributed by atoms with Crippen molar-refractivity contribution >= 4 is 52.4 Å². The molecule has 3 amide bonds. The van der Waals surface area contributed by atoms with E-state index in [1.54, 1.807) is 16.3 Å². The van der Waals surface area contributed by atoms with Crippen LogP contribution in [0.25, 0.3) is 0 Å². The van der Waals surface area contributed by atoms with Gasteiger partial charge in [0, 0.05) is 10.7 Å². The van der Waals surface area contributed by atoms with Crippen molar-refractivity contribution in [3.63, 3.8) is 0 Å². The van der Waals surface area contributed by atoms with Gasteiger partial charge in [-0.1, -0.05) is 72.8 Å². The molecule has 0 radical (unpaired) electrons. The fourth-order valence-corrected chi connectivity index (χ4v) is 4.95. The SMILES string of the molecule is CCCCC(C#N)(Cn1cncn1)c1ccc(Cl)cc1.O=C(NC(=O)c1c(F)cccc1F)Nc1cc(Cl)c(OC(F)(F)C(F)F)c(Cl)c1. The molecule has 0 spiro atoms. The average Bonchev–Trinajstić information content (AvgIpc) is 3.54. The van der Waals surface area contributed by atoms with E-state index in [1.807, 2.05) is 29.6 Å². The van der Waals surface area contributed by atoms with Gasteiger partial charge in [0.15, 0.2) is 5.75 Å². The Morgan fingerprint density at radius 2 is 1.65 bits per heavy atom. The van der Waals surface area contributed by atoms with Crippen LogP contribution in [0.5, 0.6) is 5.75 Å². The zero-order valence-corrected chi connectivity index (χ0v) is 27.4. The summed E-state index contributed by atoms with van der Waals surface area (Å²) in [6, 6.07) is 12.9. The fraction of sp³-hybridized carbons (Fsp3) is 0.258. The van der Waals surface area contributed by atoms with Crippen LogP contribution in [0.15, 0.2) is 67.3 Å². The number of unbranched alkanes of at least 4 members (excludes halogenated alkanes) is 1. The number of rotatable bonds is 11. The number of halogens is 9. The smallest absolute Gasteiger partial charge is 0.425 e. The Kier molecular flexibility index (Phi) is 13.7. The van der Waals surface area contributed by atoms with Crippen molar-refractivity contribution in [1.29, 1.82) is 5.26 Å². The van der Waals surface area contributed by atoms with Crippen LogP contribution in [0, 0.1) is 23.0 Å². The lowest BCUT2D eigenvalue weighted by molar-refractivity contribution is -0.253. The monoisotopic (exact) mass is 748 g/mol. The van der Waals surface area contributed by atoms with Gasteiger partial charge in [-0.05, 0) is 48.4 Å². The van der Waals surface area contributed by atoms with Crippen LogP contribution in [0.3, 0.4) is 0 Å². The molecule has 0 fully saturated rings. The maximum Gasteiger partial charge on any atom is 0.461 e. The summed E-state index contributed by atoms with van der Waals surface area (Å²) in [6.45, 7) is 2.63. The number of alkyl halides is 4. The Morgan fingerprint density at radius 3 is 2.16 bits per heavy atom. The van der Waals surface area contributed by atoms with Gasteiger partial charge in [-0.3, -0.25) is 14.8 Å². The van der Waals surface area contributed by atoms with Gasteiger partial charge in [0.25, 0.3) is 5.91 Å². The van der Waals surface area contributed by atoms with Gasteiger partial charge in [-0.2, -0.15) is 27.9 Å². The van der Waals surface area contributed by atoms with Crippen molar-refractivity contribution < 1.29 is 40.7 Å². The van der Waals surface area contributed by atoms with Gasteiger partial charge in [0.1, 0.15) is 35.3 Å². The van der Waals surface area contributed by atoms with E-state index in [0.29, 0.717) is 11.6 Å². The lowest BCUT2D eigenvalue weighted by Crippen LogP contribution is -2.35. The Balaban J connectivity index is 0.000000284. The Morgan fingerprint density at radius 1 is 1.04 bits per heavy atom. The molecule has 260 valence electrons. The maximum absolute atomic E-state index is 13.5. The van der Waals surface area contributed by atoms with Crippen molar-refractivity contribution in [1.82, 2.24) is 20.1 Å². The minimum absolute atomic E-state index is 0.271. The number of urea groups is 1. The third kappa shape index (κ3) is 10.5. The molecular weight excluding hydrogens is 725 g/mol. The third-order valence-electron chi connectivity index (χ3n) is 6.63. The van der Waals surface area contributed by atoms with E-state index in [4.69, 9.17) is 34.8 Å². The molecule has 0 saturated carbocycles. The second-order valence-electron chi connectivity index (χ2n) is 10.1. The number of carbonyl (C=O) groups is 2. The molecule has 49 heavy (non-hydrogen) atoms. The Bertz CT molecular complexity index is 1750. The van der Waals surface area contributed by atoms with Gasteiger partial charge in [-0.15, -0.1) is 0 Å². The van der Waals surface area contributed by atoms with Crippen molar-refractivity contribution in [2.75, 3.05) is 5.32 Å². The highest BCUT2D eigenvalue weighted by atomic mass is 35.5. The molecule has 1 heterocycles. The van der Waals surface area contributed by atoms with Crippen molar-refractivity contribution in [3.8, 4) is 11.8 Å². The summed E-state index contributed by atoms with van der Waals surface area (Å²) < 4.78 is 83.0. The highest BCUT2D eigenvalue weighted by Gasteiger charge is 2.45. The molecule has 0 bridgehead atoms. The summed E-state index contributed by atoms with van der Waals surface area (Å²) in [5, 5.41) is 16.9. The standard InChI is InChI=1S/C16H8Cl2F6N2O3.C15H17ClN4/c17-7-4-6(5-8(18)12(7)29-16(23,24)14(21)22)25-15(28)26-13(27)11-9(19)2-1-3-10(11)20;1-2-3-8-15(9-17,10-20-12-18-11-19-20)13-4-6-14(16)7-5-13/h1-5,14H,(H2,25,26,27,28);4-7,11-12H,2-3,8,10H2,1H3. The molecule has 1 atom stereocenters. The minimum Gasteiger partial charge on any atom is -0.425 e. The molecule has 9 nitrogen and oxygen atoms in total. The zero-order chi connectivity index (χ0) is 36.4. The van der Waals surface area contributed by atoms with Gasteiger partial charge >= 0.3 is 18.6 Å². The number of carbonyl (C=O) groups excluding carboxylic acids is 2. The van der Waals surface area contributed by atoms with Crippen LogP contribution in [0.4, 0.5) is 36.8 Å². The number of hydrogen-bond donors (Lipinski definition) is 2. The lowest BCUT2D eigenvalue weighted by Gasteiger charge is -2.27. The van der Waals surface area contributed by atoms with Crippen LogP contribution in [0.1, 0.15) is 42.1 Å². The number of amides is 3. The number of nitriles is 1. The Labute approximate surface area is 290 Å². The summed E-state index contributed by atoms with van der Waals surface area (Å²) >= 11 is 17.2. The van der Waals surface area contributed by atoms with Crippen molar-refractivity contribution in [2.45, 2.75) is 50.7 Å². The maximum atomic E-state index is 13.5. The van der Waals surface area contributed by atoms with E-state index in [0.717, 1.165) is 55.2 Å². The average molecular weight is 750 g/mol. The first kappa shape index (κ1) is 38.9. The van der Waals surface area contributed by atoms with Gasteiger partial charge < -0.3 is 10.1 Å². The molecule has 4 aromatic rings. The second-order valence-corrected chi connectivity index (χ2v) is 11.4. The number of aromatic nitrogens is 3. The number of ether oxygens (including phenoxy) is 1. The molecule has 0 aliphatic carbocycles. The van der Waals surface area contributed by atoms with Gasteiger partial charge in [0.2, 0.25) is 0 Å². The fourth-order valence-electron chi connectivity index (χ4n) is 4.26. The van der Waals surface area contributed by atoms with Crippen LogP contribution in [0.2, 0.25) is 15.1 Å². The van der Waals surface area contributed by atoms with E-state index in [9.17, 15) is 41.2 Å². The van der Waals surface area contributed by atoms with Crippen LogP contribution >= 0.6 is 34.8 Å². The first-order valence-corrected chi connectivity index (χ1v) is 15.2. The summed E-state index contributed by atoms with van der Waals surface area (Å²) in [4.78, 5) is 27.6. The molecule has 1 aromatic heterocycles. The predicted octanol–water partition coefficient (Wildman–Crippen LogP) is 9.05. The first-order valence-electron chi connectivity index (χ1n) is 14.0. The van der Waals surface area contributed by atoms with Gasteiger partial charge in [-0.25, -0.2) is 18.6 Å². The quantitative estimate of drug-likeness (QED) is 0.148. The number of anilines is 1. The molecular formula is C31H25Cl3F6N6O3. The van der Waals surface area contributed by atoms with Gasteiger partial charge in [0.05, 0.1) is 22.7 Å². The molecule has 1 unspecified atom stereocenters. The topological polar surface area (TPSA) is 122 Å². The zero-order valence-electron chi connectivity index (χ0n) is 25.2. The normalized spacial score (nSPS) is 12.3. The van der Waals surface area contributed by atoms with E-state index in [1.165, 1.54) is 6.33 Å². The predicted molar refractivity (Wildman–Crippen MR) is 169 cm³/mol. The summed E-state index contributed by atoms with van der Waals surface area (Å²) in [6.07, 6.45) is -3.07. The van der Waals surface area contributed by atoms with Crippen LogP contribution < -0.4 is 15.4 Å². The van der Waals surface area contributed by atoms with Crippen molar-refractivity contribution in [2.24, 2.45) is 0 Å². The highest BCUT2D eigenvalue weighted by molar-refractivity contribution is 6.37. The lowest BCUT2D eigenvalue weighted by atomic mass is 9.77. The largest absolute Gasteiger partial charge is 0.461 e. The molecule has 0 aliphatic heterocycles. The number of nitrogens with zero attached hydrogens (tertiary/aromatic N) is 4. The summed E-state index contributed by atoms with van der Waals surface area (Å²) in [7, 11) is 0. The minimum atomic E-state index is -4.88. The molecule has 4 rings (SSSR count). The molecule has 0 saturated heterocycles. The Hall–Kier alpha value is -4.52. The van der Waals surface area contributed by atoms with E-state index < -0.39 is 62.9 Å². The van der Waals surface area contributed by atoms with Crippen LogP contribution in [-0.2, 0) is 12.0 Å². The van der Waals surface area contributed by atoms with Crippen LogP contribution in [-0.4, -0.2) is 39.2 Å². The highest BCUT2D eigenvalue weighted by Crippen LogP contribution is 2.40. The molecule has 3 aromatic carbocycles. The summed E-state index contributed by atoms with van der Waals surface area (Å²) in [5.74, 6) is -4.83. The summed E-state index contributed by atoms with van der Waals surface area (Å²) in [5.41, 5.74) is -0.897. The molecule has 18 heteroatoms. The molecule has 2 N–H and O–H groups in total. The van der Waals surface area contributed by atoms with E-state index >= 15 is 0 Å². The van der Waals surface area contributed by atoms with E-state index in [-0.39, 0.29) is 5.69 Å². The molecule has 0 aliphatic rings. The third-order valence-corrected chi connectivity index (χ3v) is 7.45. The first-order chi connectivity index (χ1) is 23.1. The number of imide groups is 1. The number of nitrogens with one attached hydrogen (secondary N) is 2. The second kappa shape index (κ2) is 17.2. The number of hydrogen-bond acceptors (Lipinski definition) is 6. The van der Waals surface area contributed by atoms with Crippen molar-refractivity contribution in [3.05, 3.63) is 105 Å².